The number of nitrogens with one attached hydrogen (secondary N) is 1. The van der Waals surface area contributed by atoms with Crippen LogP contribution in [0.5, 0.6) is 0 Å². The van der Waals surface area contributed by atoms with E-state index in [-0.39, 0.29) is 23.0 Å². The van der Waals surface area contributed by atoms with Crippen molar-refractivity contribution in [1.82, 2.24) is 24.5 Å². The van der Waals surface area contributed by atoms with E-state index in [0.717, 1.165) is 6.42 Å². The van der Waals surface area contributed by atoms with Crippen molar-refractivity contribution >= 4 is 40.1 Å². The summed E-state index contributed by atoms with van der Waals surface area (Å²) in [5.41, 5.74) is 1.44. The smallest absolute Gasteiger partial charge is 0.262 e. The van der Waals surface area contributed by atoms with E-state index in [2.05, 4.69) is 15.5 Å². The van der Waals surface area contributed by atoms with Gasteiger partial charge in [0, 0.05) is 24.2 Å². The Hall–Kier alpha value is -3.46. The molecule has 2 heterocycles. The molecule has 176 valence electrons. The number of amides is 1. The monoisotopic (exact) mass is 477 g/mol. The molecule has 8 nitrogen and oxygen atoms in total. The molecular weight excluding hydrogens is 450 g/mol. The first-order valence-electron chi connectivity index (χ1n) is 11.3. The third kappa shape index (κ3) is 4.75. The van der Waals surface area contributed by atoms with Crippen LogP contribution in [0.25, 0.3) is 16.7 Å². The number of carbonyl (C=O) groups excluding carboxylic acids is 2. The molecule has 0 aliphatic carbocycles. The molecule has 2 aromatic carbocycles. The largest absolute Gasteiger partial charge is 0.352 e. The maximum atomic E-state index is 13.2. The number of nitrogens with zero attached hydrogens (tertiary/aromatic N) is 4. The Morgan fingerprint density at radius 3 is 2.53 bits per heavy atom. The highest BCUT2D eigenvalue weighted by molar-refractivity contribution is 7.99. The molecular formula is C25H27N5O3S. The lowest BCUT2D eigenvalue weighted by Crippen LogP contribution is -2.28. The third-order valence-corrected chi connectivity index (χ3v) is 6.31. The summed E-state index contributed by atoms with van der Waals surface area (Å²) >= 11 is 1.26. The van der Waals surface area contributed by atoms with Gasteiger partial charge in [0.2, 0.25) is 5.78 Å². The topological polar surface area (TPSA) is 98.4 Å². The fourth-order valence-corrected chi connectivity index (χ4v) is 4.51. The summed E-state index contributed by atoms with van der Waals surface area (Å²) in [6.45, 7) is 7.08. The Morgan fingerprint density at radius 2 is 1.82 bits per heavy atom. The minimum absolute atomic E-state index is 0.0257. The first-order valence-corrected chi connectivity index (χ1v) is 12.3. The number of carbonyl (C=O) groups is 2. The van der Waals surface area contributed by atoms with Crippen molar-refractivity contribution < 1.29 is 9.59 Å². The standard InChI is InChI=1S/C25H27N5O3S/c1-4-12-29-23(33)19-11-10-18(22(32)26-14-16(2)3)13-20(19)30-24(29)27-28-25(30)34-15-21(31)17-8-6-5-7-9-17/h5-11,13,16H,4,12,14-15H2,1-3H3,(H,26,32). The molecule has 1 amide bonds. The van der Waals surface area contributed by atoms with Crippen LogP contribution >= 0.6 is 11.8 Å². The molecule has 0 aliphatic rings. The quantitative estimate of drug-likeness (QED) is 0.291. The van der Waals surface area contributed by atoms with Crippen molar-refractivity contribution in [3.05, 3.63) is 70.0 Å². The molecule has 0 saturated carbocycles. The van der Waals surface area contributed by atoms with Crippen LogP contribution in [0.2, 0.25) is 0 Å². The van der Waals surface area contributed by atoms with Gasteiger partial charge in [0.25, 0.3) is 11.5 Å². The molecule has 0 aliphatic heterocycles. The average molecular weight is 478 g/mol. The molecule has 2 aromatic heterocycles. The highest BCUT2D eigenvalue weighted by atomic mass is 32.2. The summed E-state index contributed by atoms with van der Waals surface area (Å²) in [5, 5.41) is 12.4. The summed E-state index contributed by atoms with van der Waals surface area (Å²) in [5.74, 6) is 0.660. The number of thioether (sulfide) groups is 1. The number of hydrogen-bond acceptors (Lipinski definition) is 6. The number of Topliss-reactive ketones (excluding diaryl/α,β-unsaturated/α-hetero) is 1. The second-order valence-corrected chi connectivity index (χ2v) is 9.43. The average Bonchev–Trinajstić information content (AvgIpc) is 3.27. The van der Waals surface area contributed by atoms with Gasteiger partial charge in [-0.3, -0.25) is 23.4 Å². The van der Waals surface area contributed by atoms with Gasteiger partial charge in [-0.1, -0.05) is 62.9 Å². The van der Waals surface area contributed by atoms with Crippen molar-refractivity contribution in [2.75, 3.05) is 12.3 Å². The van der Waals surface area contributed by atoms with Crippen LogP contribution in [0.15, 0.2) is 58.5 Å². The lowest BCUT2D eigenvalue weighted by Gasteiger charge is -2.12. The van der Waals surface area contributed by atoms with Crippen LogP contribution in [0.3, 0.4) is 0 Å². The molecule has 0 spiro atoms. The first-order chi connectivity index (χ1) is 16.4. The van der Waals surface area contributed by atoms with Crippen LogP contribution in [0.4, 0.5) is 0 Å². The van der Waals surface area contributed by atoms with E-state index in [1.54, 1.807) is 39.3 Å². The summed E-state index contributed by atoms with van der Waals surface area (Å²) in [6.07, 6.45) is 0.749. The molecule has 9 heteroatoms. The van der Waals surface area contributed by atoms with E-state index in [9.17, 15) is 14.4 Å². The summed E-state index contributed by atoms with van der Waals surface area (Å²) in [6, 6.07) is 14.1. The number of ketones is 1. The molecule has 4 aromatic rings. The number of benzene rings is 2. The highest BCUT2D eigenvalue weighted by Gasteiger charge is 2.19. The Labute approximate surface area is 201 Å². The van der Waals surface area contributed by atoms with E-state index in [1.165, 1.54) is 11.8 Å². The van der Waals surface area contributed by atoms with Gasteiger partial charge in [-0.05, 0) is 30.5 Å². The Bertz CT molecular complexity index is 1410. The molecule has 34 heavy (non-hydrogen) atoms. The van der Waals surface area contributed by atoms with Gasteiger partial charge < -0.3 is 5.32 Å². The van der Waals surface area contributed by atoms with Crippen molar-refractivity contribution in [2.45, 2.75) is 38.9 Å². The zero-order valence-corrected chi connectivity index (χ0v) is 20.3. The van der Waals surface area contributed by atoms with Crippen LogP contribution in [-0.2, 0) is 6.54 Å². The van der Waals surface area contributed by atoms with Crippen molar-refractivity contribution in [2.24, 2.45) is 5.92 Å². The van der Waals surface area contributed by atoms with E-state index in [4.69, 9.17) is 0 Å². The third-order valence-electron chi connectivity index (χ3n) is 5.38. The van der Waals surface area contributed by atoms with Crippen LogP contribution in [0, 0.1) is 5.92 Å². The molecule has 1 N–H and O–H groups in total. The summed E-state index contributed by atoms with van der Waals surface area (Å²) in [4.78, 5) is 38.5. The van der Waals surface area contributed by atoms with Crippen molar-refractivity contribution in [1.29, 1.82) is 0 Å². The predicted octanol–water partition coefficient (Wildman–Crippen LogP) is 3.82. The SMILES string of the molecule is CCCn1c(=O)c2ccc(C(=O)NCC(C)C)cc2n2c(SCC(=O)c3ccccc3)nnc12. The maximum Gasteiger partial charge on any atom is 0.262 e. The predicted molar refractivity (Wildman–Crippen MR) is 134 cm³/mol. The molecule has 4 rings (SSSR count). The normalized spacial score (nSPS) is 11.4. The molecule has 0 fully saturated rings. The fourth-order valence-electron chi connectivity index (χ4n) is 3.68. The second kappa shape index (κ2) is 10.2. The minimum atomic E-state index is -0.206. The van der Waals surface area contributed by atoms with E-state index in [1.807, 2.05) is 39.0 Å². The molecule has 0 saturated heterocycles. The Balaban J connectivity index is 1.79. The van der Waals surface area contributed by atoms with Gasteiger partial charge in [0.1, 0.15) is 0 Å². The highest BCUT2D eigenvalue weighted by Crippen LogP contribution is 2.23. The molecule has 0 atom stereocenters. The summed E-state index contributed by atoms with van der Waals surface area (Å²) < 4.78 is 3.37. The molecule has 0 bridgehead atoms. The van der Waals surface area contributed by atoms with Crippen LogP contribution < -0.4 is 10.9 Å². The number of rotatable bonds is 9. The maximum absolute atomic E-state index is 13.2. The molecule has 0 radical (unpaired) electrons. The number of hydrogen-bond donors (Lipinski definition) is 1. The number of fused-ring (bicyclic) bond motifs is 3. The summed E-state index contributed by atoms with van der Waals surface area (Å²) in [7, 11) is 0. The van der Waals surface area contributed by atoms with Crippen molar-refractivity contribution in [3.63, 3.8) is 0 Å². The zero-order chi connectivity index (χ0) is 24.2. The number of aromatic nitrogens is 4. The van der Waals surface area contributed by atoms with Gasteiger partial charge in [-0.2, -0.15) is 0 Å². The number of aryl methyl sites for hydroxylation is 1. The van der Waals surface area contributed by atoms with E-state index in [0.29, 0.717) is 52.0 Å². The first kappa shape index (κ1) is 23.7. The lowest BCUT2D eigenvalue weighted by molar-refractivity contribution is 0.0948. The lowest BCUT2D eigenvalue weighted by atomic mass is 10.1. The zero-order valence-electron chi connectivity index (χ0n) is 19.4. The van der Waals surface area contributed by atoms with Gasteiger partial charge >= 0.3 is 0 Å². The minimum Gasteiger partial charge on any atom is -0.352 e. The van der Waals surface area contributed by atoms with Crippen molar-refractivity contribution in [3.8, 4) is 0 Å². The van der Waals surface area contributed by atoms with E-state index >= 15 is 0 Å². The molecule has 0 unspecified atom stereocenters. The fraction of sp³-hybridized carbons (Fsp3) is 0.320. The van der Waals surface area contributed by atoms with Gasteiger partial charge in [-0.15, -0.1) is 10.2 Å². The van der Waals surface area contributed by atoms with E-state index < -0.39 is 0 Å². The second-order valence-electron chi connectivity index (χ2n) is 8.49. The Morgan fingerprint density at radius 1 is 1.06 bits per heavy atom. The van der Waals surface area contributed by atoms with Crippen LogP contribution in [-0.4, -0.2) is 43.2 Å². The van der Waals surface area contributed by atoms with Gasteiger partial charge in [-0.25, -0.2) is 0 Å². The van der Waals surface area contributed by atoms with Gasteiger partial charge in [0.15, 0.2) is 10.9 Å². The van der Waals surface area contributed by atoms with Crippen LogP contribution in [0.1, 0.15) is 47.9 Å². The Kier molecular flexibility index (Phi) is 7.12. The van der Waals surface area contributed by atoms with Gasteiger partial charge in [0.05, 0.1) is 16.7 Å².